The highest BCUT2D eigenvalue weighted by Crippen LogP contribution is 2.21. The van der Waals surface area contributed by atoms with Gasteiger partial charge in [0.2, 0.25) is 0 Å². The van der Waals surface area contributed by atoms with Gasteiger partial charge in [0, 0.05) is 19.9 Å². The third-order valence-corrected chi connectivity index (χ3v) is 5.93. The number of hydrogen-bond acceptors (Lipinski definition) is 6. The van der Waals surface area contributed by atoms with Crippen LogP contribution < -0.4 is 11.0 Å². The molecule has 3 aromatic heterocycles. The van der Waals surface area contributed by atoms with E-state index in [1.54, 1.807) is 43.0 Å². The molecule has 1 amide bonds. The van der Waals surface area contributed by atoms with Crippen LogP contribution in [0.25, 0.3) is 16.7 Å². The van der Waals surface area contributed by atoms with Crippen molar-refractivity contribution in [2.75, 3.05) is 20.3 Å². The lowest BCUT2D eigenvalue weighted by atomic mass is 9.96. The first-order valence-electron chi connectivity index (χ1n) is 11.8. The fourth-order valence-corrected chi connectivity index (χ4v) is 4.17. The highest BCUT2D eigenvalue weighted by Gasteiger charge is 2.23. The molecule has 9 heteroatoms. The Morgan fingerprint density at radius 1 is 1.08 bits per heavy atom. The van der Waals surface area contributed by atoms with E-state index in [2.05, 4.69) is 9.98 Å². The Labute approximate surface area is 207 Å². The van der Waals surface area contributed by atoms with Crippen molar-refractivity contribution < 1.29 is 19.1 Å². The molecule has 4 rings (SSSR count). The highest BCUT2D eigenvalue weighted by atomic mass is 16.5. The topological polar surface area (TPSA) is 104 Å². The zero-order valence-corrected chi connectivity index (χ0v) is 20.5. The summed E-state index contributed by atoms with van der Waals surface area (Å²) < 4.78 is 13.6. The average molecular weight is 489 g/mol. The third-order valence-electron chi connectivity index (χ3n) is 5.93. The monoisotopic (exact) mass is 488 g/mol. The van der Waals surface area contributed by atoms with Crippen LogP contribution in [0.5, 0.6) is 0 Å². The van der Waals surface area contributed by atoms with Crippen molar-refractivity contribution in [3.05, 3.63) is 87.8 Å². The molecule has 4 aromatic rings. The van der Waals surface area contributed by atoms with Gasteiger partial charge in [0.05, 0.1) is 24.5 Å². The first-order valence-corrected chi connectivity index (χ1v) is 11.8. The Morgan fingerprint density at radius 3 is 2.53 bits per heavy atom. The van der Waals surface area contributed by atoms with Gasteiger partial charge in [0.1, 0.15) is 16.9 Å². The lowest BCUT2D eigenvalue weighted by molar-refractivity contribution is -0.119. The molecule has 0 fully saturated rings. The number of amides is 1. The molecule has 3 heterocycles. The Kier molecular flexibility index (Phi) is 7.70. The number of carbonyl (C=O) groups excluding carboxylic acids is 2. The molecule has 0 unspecified atom stereocenters. The van der Waals surface area contributed by atoms with Crippen molar-refractivity contribution in [3.8, 4) is 0 Å². The first-order chi connectivity index (χ1) is 17.5. The molecule has 0 N–H and O–H groups in total. The number of fused-ring (bicyclic) bond motifs is 2. The van der Waals surface area contributed by atoms with Crippen molar-refractivity contribution in [2.24, 2.45) is 4.99 Å². The number of methoxy groups -OCH3 is 1. The fourth-order valence-electron chi connectivity index (χ4n) is 4.17. The molecular formula is C27H28N4O5. The van der Waals surface area contributed by atoms with Gasteiger partial charge < -0.3 is 14.0 Å². The molecule has 0 aliphatic heterocycles. The van der Waals surface area contributed by atoms with Crippen LogP contribution in [0.4, 0.5) is 0 Å². The van der Waals surface area contributed by atoms with Crippen molar-refractivity contribution in [3.63, 3.8) is 0 Å². The van der Waals surface area contributed by atoms with Gasteiger partial charge in [0.15, 0.2) is 5.49 Å². The molecule has 9 nitrogen and oxygen atoms in total. The van der Waals surface area contributed by atoms with E-state index >= 15 is 0 Å². The predicted molar refractivity (Wildman–Crippen MR) is 135 cm³/mol. The maximum atomic E-state index is 13.5. The van der Waals surface area contributed by atoms with Crippen molar-refractivity contribution in [1.82, 2.24) is 14.0 Å². The molecule has 186 valence electrons. The smallest absolute Gasteiger partial charge is 0.341 e. The van der Waals surface area contributed by atoms with Crippen molar-refractivity contribution in [2.45, 2.75) is 32.7 Å². The van der Waals surface area contributed by atoms with Crippen LogP contribution in [-0.2, 0) is 20.8 Å². The minimum Gasteiger partial charge on any atom is -0.462 e. The van der Waals surface area contributed by atoms with Crippen LogP contribution in [-0.4, -0.2) is 46.2 Å². The van der Waals surface area contributed by atoms with E-state index in [1.165, 1.54) is 10.5 Å². The Balaban J connectivity index is 2.07. The summed E-state index contributed by atoms with van der Waals surface area (Å²) in [6.07, 6.45) is 2.14. The summed E-state index contributed by atoms with van der Waals surface area (Å²) in [6.45, 7) is 4.18. The van der Waals surface area contributed by atoms with Gasteiger partial charge in [-0.25, -0.2) is 9.78 Å². The number of pyridine rings is 2. The molecule has 36 heavy (non-hydrogen) atoms. The van der Waals surface area contributed by atoms with Gasteiger partial charge in [-0.1, -0.05) is 43.3 Å². The molecule has 0 saturated carbocycles. The van der Waals surface area contributed by atoms with E-state index in [0.717, 1.165) is 5.56 Å². The molecule has 0 aliphatic carbocycles. The molecule has 1 atom stereocenters. The van der Waals surface area contributed by atoms with Gasteiger partial charge in [-0.3, -0.25) is 14.0 Å². The summed E-state index contributed by atoms with van der Waals surface area (Å²) in [5, 5.41) is 0.208. The summed E-state index contributed by atoms with van der Waals surface area (Å²) in [7, 11) is 1.54. The minimum atomic E-state index is -0.678. The predicted octanol–water partition coefficient (Wildman–Crippen LogP) is 3.09. The molecule has 0 bridgehead atoms. The Morgan fingerprint density at radius 2 is 1.83 bits per heavy atom. The van der Waals surface area contributed by atoms with E-state index in [4.69, 9.17) is 9.47 Å². The average Bonchev–Trinajstić information content (AvgIpc) is 2.89. The second kappa shape index (κ2) is 11.1. The zero-order valence-electron chi connectivity index (χ0n) is 20.5. The standard InChI is InChI=1S/C27H28N4O5/c1-4-19(18-11-7-6-8-12-18)25(32)29-24-21(27(34)36-5-2)17-20-23(31(24)15-16-35-3)28-22-13-9-10-14-30(22)26(20)33/h6-14,17,19H,4-5,15-16H2,1-3H3/t19-/m0/s1. The van der Waals surface area contributed by atoms with Crippen molar-refractivity contribution in [1.29, 1.82) is 0 Å². The van der Waals surface area contributed by atoms with Gasteiger partial charge in [-0.2, -0.15) is 4.99 Å². The van der Waals surface area contributed by atoms with Gasteiger partial charge in [-0.05, 0) is 37.1 Å². The summed E-state index contributed by atoms with van der Waals surface area (Å²) >= 11 is 0. The zero-order chi connectivity index (χ0) is 25.7. The van der Waals surface area contributed by atoms with Crippen LogP contribution in [0.1, 0.15) is 42.1 Å². The Hall–Kier alpha value is -4.11. The molecule has 1 aromatic carbocycles. The largest absolute Gasteiger partial charge is 0.462 e. The number of nitrogens with zero attached hydrogens (tertiary/aromatic N) is 4. The molecule has 0 aliphatic rings. The number of hydrogen-bond donors (Lipinski definition) is 0. The summed E-state index contributed by atoms with van der Waals surface area (Å²) in [4.78, 5) is 49.0. The second-order valence-electron chi connectivity index (χ2n) is 8.15. The third kappa shape index (κ3) is 4.83. The molecule has 0 radical (unpaired) electrons. The quantitative estimate of drug-likeness (QED) is 0.279. The van der Waals surface area contributed by atoms with E-state index < -0.39 is 17.8 Å². The maximum Gasteiger partial charge on any atom is 0.341 e. The minimum absolute atomic E-state index is 0.0199. The van der Waals surface area contributed by atoms with Crippen LogP contribution in [0.15, 0.2) is 70.6 Å². The molecular weight excluding hydrogens is 460 g/mol. The van der Waals surface area contributed by atoms with E-state index in [0.29, 0.717) is 17.7 Å². The van der Waals surface area contributed by atoms with Crippen LogP contribution in [0.3, 0.4) is 0 Å². The van der Waals surface area contributed by atoms with Crippen LogP contribution >= 0.6 is 0 Å². The lowest BCUT2D eigenvalue weighted by Gasteiger charge is -2.16. The van der Waals surface area contributed by atoms with E-state index in [9.17, 15) is 14.4 Å². The fraction of sp³-hybridized carbons (Fsp3) is 0.296. The number of carbonyl (C=O) groups is 2. The van der Waals surface area contributed by atoms with Crippen LogP contribution in [0.2, 0.25) is 0 Å². The first kappa shape index (κ1) is 25.0. The SMILES string of the molecule is CCOC(=O)c1cc2c(=O)n3ccccc3nc2n(CCOC)c1=NC(=O)[C@@H](CC)c1ccccc1. The summed E-state index contributed by atoms with van der Waals surface area (Å²) in [5.41, 5.74) is 1.32. The second-order valence-corrected chi connectivity index (χ2v) is 8.15. The highest BCUT2D eigenvalue weighted by molar-refractivity contribution is 5.94. The Bertz CT molecular complexity index is 1540. The summed E-state index contributed by atoms with van der Waals surface area (Å²) in [5.74, 6) is -1.58. The molecule has 0 saturated heterocycles. The van der Waals surface area contributed by atoms with Gasteiger partial charge in [0.25, 0.3) is 11.5 Å². The lowest BCUT2D eigenvalue weighted by Crippen LogP contribution is -2.34. The van der Waals surface area contributed by atoms with E-state index in [-0.39, 0.29) is 41.8 Å². The van der Waals surface area contributed by atoms with E-state index in [1.807, 2.05) is 37.3 Å². The molecule has 0 spiro atoms. The van der Waals surface area contributed by atoms with Gasteiger partial charge in [-0.15, -0.1) is 0 Å². The maximum absolute atomic E-state index is 13.5. The number of rotatable bonds is 8. The van der Waals surface area contributed by atoms with Crippen LogP contribution in [0, 0.1) is 0 Å². The number of esters is 1. The van der Waals surface area contributed by atoms with Gasteiger partial charge >= 0.3 is 5.97 Å². The summed E-state index contributed by atoms with van der Waals surface area (Å²) in [6, 6.07) is 16.0. The normalized spacial score (nSPS) is 12.7. The number of benzene rings is 1. The number of ether oxygens (including phenoxy) is 2. The van der Waals surface area contributed by atoms with Crippen molar-refractivity contribution >= 4 is 28.6 Å². The number of aromatic nitrogens is 3.